The molecule has 1 aromatic carbocycles. The van der Waals surface area contributed by atoms with E-state index >= 15 is 0 Å². The van der Waals surface area contributed by atoms with Crippen molar-refractivity contribution < 1.29 is 13.9 Å². The molecule has 82 valence electrons. The van der Waals surface area contributed by atoms with Gasteiger partial charge in [-0.15, -0.1) is 0 Å². The van der Waals surface area contributed by atoms with Gasteiger partial charge in [-0.25, -0.2) is 9.18 Å². The summed E-state index contributed by atoms with van der Waals surface area (Å²) < 4.78 is 18.3. The molecule has 0 saturated heterocycles. The predicted octanol–water partition coefficient (Wildman–Crippen LogP) is 3.43. The van der Waals surface area contributed by atoms with E-state index in [-0.39, 0.29) is 10.6 Å². The van der Waals surface area contributed by atoms with Crippen LogP contribution in [0.5, 0.6) is 0 Å². The van der Waals surface area contributed by atoms with E-state index in [2.05, 4.69) is 0 Å². The molecule has 0 aliphatic rings. The average molecular weight is 231 g/mol. The summed E-state index contributed by atoms with van der Waals surface area (Å²) in [5, 5.41) is 0.0595. The number of carbonyl (C=O) groups excluding carboxylic acids is 1. The molecule has 0 spiro atoms. The maximum Gasteiger partial charge on any atom is 0.343 e. The van der Waals surface area contributed by atoms with E-state index in [0.29, 0.717) is 0 Å². The van der Waals surface area contributed by atoms with Gasteiger partial charge in [0.05, 0.1) is 5.02 Å². The van der Waals surface area contributed by atoms with Gasteiger partial charge in [-0.05, 0) is 32.9 Å². The molecule has 0 fully saturated rings. The molecule has 0 amide bonds. The van der Waals surface area contributed by atoms with Gasteiger partial charge in [-0.3, -0.25) is 0 Å². The topological polar surface area (TPSA) is 26.3 Å². The first-order chi connectivity index (χ1) is 6.81. The van der Waals surface area contributed by atoms with Crippen molar-refractivity contribution in [2.75, 3.05) is 0 Å². The van der Waals surface area contributed by atoms with E-state index < -0.39 is 17.4 Å². The van der Waals surface area contributed by atoms with E-state index in [4.69, 9.17) is 16.3 Å². The van der Waals surface area contributed by atoms with Crippen LogP contribution in [-0.2, 0) is 4.74 Å². The van der Waals surface area contributed by atoms with Crippen molar-refractivity contribution >= 4 is 17.6 Å². The smallest absolute Gasteiger partial charge is 0.343 e. The maximum atomic E-state index is 13.3. The number of benzene rings is 1. The molecule has 0 bridgehead atoms. The zero-order valence-electron chi connectivity index (χ0n) is 8.80. The van der Waals surface area contributed by atoms with Crippen molar-refractivity contribution in [3.8, 4) is 0 Å². The second-order valence-electron chi connectivity index (χ2n) is 4.10. The Morgan fingerprint density at radius 2 is 2.00 bits per heavy atom. The fraction of sp³-hybridized carbons (Fsp3) is 0.364. The first kappa shape index (κ1) is 12.0. The molecule has 0 heterocycles. The predicted molar refractivity (Wildman–Crippen MR) is 56.6 cm³/mol. The van der Waals surface area contributed by atoms with Crippen LogP contribution in [-0.4, -0.2) is 11.6 Å². The molecule has 0 aliphatic carbocycles. The Kier molecular flexibility index (Phi) is 3.35. The third-order valence-electron chi connectivity index (χ3n) is 1.57. The highest BCUT2D eigenvalue weighted by atomic mass is 35.5. The summed E-state index contributed by atoms with van der Waals surface area (Å²) in [6.07, 6.45) is 0. The molecule has 4 heteroatoms. The van der Waals surface area contributed by atoms with Crippen LogP contribution in [0.1, 0.15) is 31.1 Å². The van der Waals surface area contributed by atoms with Crippen molar-refractivity contribution in [1.82, 2.24) is 0 Å². The molecule has 1 aromatic rings. The Labute approximate surface area is 93.0 Å². The molecular weight excluding hydrogens is 219 g/mol. The van der Waals surface area contributed by atoms with Gasteiger partial charge >= 0.3 is 5.97 Å². The molecule has 0 aliphatic heterocycles. The zero-order valence-corrected chi connectivity index (χ0v) is 9.56. The summed E-state index contributed by atoms with van der Waals surface area (Å²) in [6, 6.07) is 4.06. The molecule has 0 aromatic heterocycles. The number of hydrogen-bond donors (Lipinski definition) is 0. The number of esters is 1. The molecule has 0 atom stereocenters. The quantitative estimate of drug-likeness (QED) is 0.691. The van der Waals surface area contributed by atoms with Crippen molar-refractivity contribution in [3.05, 3.63) is 34.6 Å². The van der Waals surface area contributed by atoms with E-state index in [1.807, 2.05) is 0 Å². The summed E-state index contributed by atoms with van der Waals surface area (Å²) in [4.78, 5) is 11.6. The Bertz CT molecular complexity index is 362. The van der Waals surface area contributed by atoms with E-state index in [1.54, 1.807) is 20.8 Å². The lowest BCUT2D eigenvalue weighted by Crippen LogP contribution is -2.24. The minimum atomic E-state index is -0.745. The van der Waals surface area contributed by atoms with Crippen LogP contribution in [0.4, 0.5) is 4.39 Å². The van der Waals surface area contributed by atoms with Crippen LogP contribution in [0.25, 0.3) is 0 Å². The van der Waals surface area contributed by atoms with Crippen LogP contribution in [0.3, 0.4) is 0 Å². The molecule has 1 rings (SSSR count). The van der Waals surface area contributed by atoms with Crippen LogP contribution < -0.4 is 0 Å². The van der Waals surface area contributed by atoms with Gasteiger partial charge in [-0.1, -0.05) is 17.7 Å². The normalized spacial score (nSPS) is 11.3. The SMILES string of the molecule is CC(C)(C)OC(=O)c1c(F)cccc1Cl. The standard InChI is InChI=1S/C11H12ClFO2/c1-11(2,3)15-10(14)9-7(12)5-4-6-8(9)13/h4-6H,1-3H3. The van der Waals surface area contributed by atoms with Crippen molar-refractivity contribution in [2.45, 2.75) is 26.4 Å². The van der Waals surface area contributed by atoms with Gasteiger partial charge in [0.15, 0.2) is 0 Å². The maximum absolute atomic E-state index is 13.3. The van der Waals surface area contributed by atoms with Gasteiger partial charge in [-0.2, -0.15) is 0 Å². The molecule has 0 N–H and O–H groups in total. The largest absolute Gasteiger partial charge is 0.456 e. The molecule has 0 unspecified atom stereocenters. The first-order valence-corrected chi connectivity index (χ1v) is 4.86. The monoisotopic (exact) mass is 230 g/mol. The summed E-state index contributed by atoms with van der Waals surface area (Å²) in [7, 11) is 0. The minimum absolute atomic E-state index is 0.0595. The van der Waals surface area contributed by atoms with Crippen LogP contribution in [0.15, 0.2) is 18.2 Å². The summed E-state index contributed by atoms with van der Waals surface area (Å²) >= 11 is 5.71. The first-order valence-electron chi connectivity index (χ1n) is 4.48. The summed E-state index contributed by atoms with van der Waals surface area (Å²) in [6.45, 7) is 5.12. The van der Waals surface area contributed by atoms with Gasteiger partial charge in [0.1, 0.15) is 17.0 Å². The third-order valence-corrected chi connectivity index (χ3v) is 1.88. The van der Waals surface area contributed by atoms with Gasteiger partial charge < -0.3 is 4.74 Å². The molecule has 2 nitrogen and oxygen atoms in total. The van der Waals surface area contributed by atoms with Crippen LogP contribution in [0, 0.1) is 5.82 Å². The highest BCUT2D eigenvalue weighted by molar-refractivity contribution is 6.33. The van der Waals surface area contributed by atoms with Crippen molar-refractivity contribution in [1.29, 1.82) is 0 Å². The van der Waals surface area contributed by atoms with Crippen molar-refractivity contribution in [3.63, 3.8) is 0 Å². The van der Waals surface area contributed by atoms with E-state index in [9.17, 15) is 9.18 Å². The lowest BCUT2D eigenvalue weighted by molar-refractivity contribution is 0.00650. The fourth-order valence-corrected chi connectivity index (χ4v) is 1.26. The lowest BCUT2D eigenvalue weighted by atomic mass is 10.1. The average Bonchev–Trinajstić information content (AvgIpc) is 1.99. The second kappa shape index (κ2) is 4.19. The molecule has 15 heavy (non-hydrogen) atoms. The highest BCUT2D eigenvalue weighted by Crippen LogP contribution is 2.22. The molecule has 0 radical (unpaired) electrons. The number of carbonyl (C=O) groups is 1. The van der Waals surface area contributed by atoms with Crippen LogP contribution >= 0.6 is 11.6 Å². The number of ether oxygens (including phenoxy) is 1. The minimum Gasteiger partial charge on any atom is -0.456 e. The van der Waals surface area contributed by atoms with E-state index in [0.717, 1.165) is 0 Å². The van der Waals surface area contributed by atoms with Crippen molar-refractivity contribution in [2.24, 2.45) is 0 Å². The fourth-order valence-electron chi connectivity index (χ4n) is 1.02. The molecule has 0 saturated carbocycles. The van der Waals surface area contributed by atoms with Crippen LogP contribution in [0.2, 0.25) is 5.02 Å². The Balaban J connectivity index is 3.02. The Morgan fingerprint density at radius 1 is 1.40 bits per heavy atom. The second-order valence-corrected chi connectivity index (χ2v) is 4.51. The Hall–Kier alpha value is -1.09. The number of hydrogen-bond acceptors (Lipinski definition) is 2. The van der Waals surface area contributed by atoms with Gasteiger partial charge in [0, 0.05) is 0 Å². The zero-order chi connectivity index (χ0) is 11.6. The van der Waals surface area contributed by atoms with E-state index in [1.165, 1.54) is 18.2 Å². The number of halogens is 2. The summed E-state index contributed by atoms with van der Waals surface area (Å²) in [5.41, 5.74) is -0.878. The molecular formula is C11H12ClFO2. The van der Waals surface area contributed by atoms with Gasteiger partial charge in [0.2, 0.25) is 0 Å². The summed E-state index contributed by atoms with van der Waals surface area (Å²) in [5.74, 6) is -1.41. The number of rotatable bonds is 1. The lowest BCUT2D eigenvalue weighted by Gasteiger charge is -2.19. The van der Waals surface area contributed by atoms with Gasteiger partial charge in [0.25, 0.3) is 0 Å². The Morgan fingerprint density at radius 3 is 2.47 bits per heavy atom. The third kappa shape index (κ3) is 3.20. The highest BCUT2D eigenvalue weighted by Gasteiger charge is 2.22.